The van der Waals surface area contributed by atoms with Crippen LogP contribution in [-0.2, 0) is 6.42 Å². The summed E-state index contributed by atoms with van der Waals surface area (Å²) in [7, 11) is 0. The monoisotopic (exact) mass is 219 g/mol. The number of nitrogens with zero attached hydrogens (tertiary/aromatic N) is 2. The first-order valence-corrected chi connectivity index (χ1v) is 5.76. The largest absolute Gasteiger partial charge is 0.356 e. The van der Waals surface area contributed by atoms with Crippen LogP contribution in [-0.4, -0.2) is 21.3 Å². The highest BCUT2D eigenvalue weighted by molar-refractivity contribution is 7.09. The van der Waals surface area contributed by atoms with Gasteiger partial charge in [0.1, 0.15) is 5.82 Å². The highest BCUT2D eigenvalue weighted by atomic mass is 35.5. The van der Waals surface area contributed by atoms with E-state index in [1.807, 2.05) is 6.92 Å². The lowest BCUT2D eigenvalue weighted by Gasteiger charge is -2.11. The molecule has 0 fully saturated rings. The molecule has 3 nitrogen and oxygen atoms in total. The predicted octanol–water partition coefficient (Wildman–Crippen LogP) is 2.53. The molecule has 0 aromatic carbocycles. The van der Waals surface area contributed by atoms with Gasteiger partial charge in [0.05, 0.1) is 0 Å². The minimum Gasteiger partial charge on any atom is -0.356 e. The first-order chi connectivity index (χ1) is 6.30. The van der Waals surface area contributed by atoms with E-state index in [9.17, 15) is 0 Å². The number of hydrogen-bond acceptors (Lipinski definition) is 4. The van der Waals surface area contributed by atoms with E-state index in [-0.39, 0.29) is 0 Å². The zero-order valence-electron chi connectivity index (χ0n) is 7.88. The summed E-state index contributed by atoms with van der Waals surface area (Å²) in [6.45, 7) is 4.15. The molecule has 1 aromatic heterocycles. The Labute approximate surface area is 87.7 Å². The molecule has 1 unspecified atom stereocenters. The molecule has 0 amide bonds. The Morgan fingerprint density at radius 1 is 1.54 bits per heavy atom. The van der Waals surface area contributed by atoms with E-state index in [4.69, 9.17) is 11.6 Å². The van der Waals surface area contributed by atoms with E-state index in [0.29, 0.717) is 11.9 Å². The number of rotatable bonds is 5. The quantitative estimate of drug-likeness (QED) is 0.774. The Balaban J connectivity index is 2.52. The SMILES string of the molecule is CCc1nsc(NC(CC)CCl)n1. The van der Waals surface area contributed by atoms with Gasteiger partial charge >= 0.3 is 0 Å². The van der Waals surface area contributed by atoms with E-state index < -0.39 is 0 Å². The fourth-order valence-corrected chi connectivity index (χ4v) is 1.90. The highest BCUT2D eigenvalue weighted by Crippen LogP contribution is 2.13. The van der Waals surface area contributed by atoms with Crippen molar-refractivity contribution >= 4 is 28.3 Å². The van der Waals surface area contributed by atoms with E-state index in [0.717, 1.165) is 23.8 Å². The zero-order chi connectivity index (χ0) is 9.68. The molecule has 74 valence electrons. The van der Waals surface area contributed by atoms with Gasteiger partial charge in [-0.05, 0) is 6.42 Å². The molecule has 0 aliphatic rings. The van der Waals surface area contributed by atoms with Crippen LogP contribution in [0.2, 0.25) is 0 Å². The average molecular weight is 220 g/mol. The summed E-state index contributed by atoms with van der Waals surface area (Å²) in [4.78, 5) is 4.30. The maximum absolute atomic E-state index is 5.75. The van der Waals surface area contributed by atoms with Crippen molar-refractivity contribution in [1.82, 2.24) is 9.36 Å². The minimum atomic E-state index is 0.305. The summed E-state index contributed by atoms with van der Waals surface area (Å²) >= 11 is 7.15. The van der Waals surface area contributed by atoms with Crippen molar-refractivity contribution < 1.29 is 0 Å². The van der Waals surface area contributed by atoms with Crippen LogP contribution in [0.25, 0.3) is 0 Å². The van der Waals surface area contributed by atoms with Gasteiger partial charge < -0.3 is 5.32 Å². The van der Waals surface area contributed by atoms with Crippen molar-refractivity contribution in [3.05, 3.63) is 5.82 Å². The molecule has 0 bridgehead atoms. The number of aromatic nitrogens is 2. The van der Waals surface area contributed by atoms with Gasteiger partial charge in [-0.15, -0.1) is 11.6 Å². The maximum atomic E-state index is 5.75. The standard InChI is InChI=1S/C8H14ClN3S/c1-3-6(5-9)10-8-11-7(4-2)12-13-8/h6H,3-5H2,1-2H3,(H,10,11,12). The van der Waals surface area contributed by atoms with Gasteiger partial charge in [0.2, 0.25) is 5.13 Å². The number of nitrogens with one attached hydrogen (secondary N) is 1. The molecule has 1 rings (SSSR count). The van der Waals surface area contributed by atoms with E-state index >= 15 is 0 Å². The first kappa shape index (κ1) is 10.7. The lowest BCUT2D eigenvalue weighted by Crippen LogP contribution is -2.19. The number of anilines is 1. The fourth-order valence-electron chi connectivity index (χ4n) is 0.881. The van der Waals surface area contributed by atoms with Gasteiger partial charge in [0.25, 0.3) is 0 Å². The average Bonchev–Trinajstić information content (AvgIpc) is 2.61. The maximum Gasteiger partial charge on any atom is 0.202 e. The van der Waals surface area contributed by atoms with E-state index in [2.05, 4.69) is 21.6 Å². The van der Waals surface area contributed by atoms with Crippen LogP contribution in [0.4, 0.5) is 5.13 Å². The Morgan fingerprint density at radius 2 is 2.31 bits per heavy atom. The summed E-state index contributed by atoms with van der Waals surface area (Å²) in [6, 6.07) is 0.305. The highest BCUT2D eigenvalue weighted by Gasteiger charge is 2.07. The lowest BCUT2D eigenvalue weighted by atomic mass is 10.3. The minimum absolute atomic E-state index is 0.305. The van der Waals surface area contributed by atoms with Crippen LogP contribution in [0.15, 0.2) is 0 Å². The van der Waals surface area contributed by atoms with Gasteiger partial charge in [-0.3, -0.25) is 0 Å². The van der Waals surface area contributed by atoms with Crippen LogP contribution in [0, 0.1) is 0 Å². The van der Waals surface area contributed by atoms with Crippen molar-refractivity contribution in [3.8, 4) is 0 Å². The Hall–Kier alpha value is -0.350. The lowest BCUT2D eigenvalue weighted by molar-refractivity contribution is 0.768. The molecule has 0 aliphatic carbocycles. The third-order valence-electron chi connectivity index (χ3n) is 1.79. The zero-order valence-corrected chi connectivity index (χ0v) is 9.45. The third-order valence-corrected chi connectivity index (χ3v) is 2.85. The Bertz CT molecular complexity index is 247. The number of alkyl halides is 1. The van der Waals surface area contributed by atoms with Crippen LogP contribution < -0.4 is 5.32 Å². The smallest absolute Gasteiger partial charge is 0.202 e. The molecule has 1 aromatic rings. The molecule has 0 saturated heterocycles. The summed E-state index contributed by atoms with van der Waals surface area (Å²) in [5.41, 5.74) is 0. The number of aryl methyl sites for hydroxylation is 1. The van der Waals surface area contributed by atoms with Gasteiger partial charge in [-0.25, -0.2) is 4.98 Å². The molecule has 1 heterocycles. The van der Waals surface area contributed by atoms with Gasteiger partial charge in [0.15, 0.2) is 0 Å². The van der Waals surface area contributed by atoms with Crippen LogP contribution in [0.3, 0.4) is 0 Å². The molecular weight excluding hydrogens is 206 g/mol. The predicted molar refractivity (Wildman–Crippen MR) is 57.7 cm³/mol. The number of halogens is 1. The molecule has 5 heteroatoms. The fraction of sp³-hybridized carbons (Fsp3) is 0.750. The molecule has 0 radical (unpaired) electrons. The molecule has 0 saturated carbocycles. The summed E-state index contributed by atoms with van der Waals surface area (Å²) in [5.74, 6) is 1.51. The summed E-state index contributed by atoms with van der Waals surface area (Å²) in [5, 5.41) is 4.13. The second-order valence-electron chi connectivity index (χ2n) is 2.77. The molecule has 13 heavy (non-hydrogen) atoms. The van der Waals surface area contributed by atoms with E-state index in [1.165, 1.54) is 11.5 Å². The van der Waals surface area contributed by atoms with Crippen LogP contribution >= 0.6 is 23.1 Å². The second-order valence-corrected chi connectivity index (χ2v) is 3.83. The van der Waals surface area contributed by atoms with Crippen molar-refractivity contribution in [3.63, 3.8) is 0 Å². The van der Waals surface area contributed by atoms with E-state index in [1.54, 1.807) is 0 Å². The molecule has 1 N–H and O–H groups in total. The molecule has 1 atom stereocenters. The Morgan fingerprint density at radius 3 is 2.77 bits per heavy atom. The Kier molecular flexibility index (Phi) is 4.45. The van der Waals surface area contributed by atoms with Gasteiger partial charge in [-0.1, -0.05) is 13.8 Å². The normalized spacial score (nSPS) is 12.8. The topological polar surface area (TPSA) is 37.8 Å². The van der Waals surface area contributed by atoms with Gasteiger partial charge in [0, 0.05) is 29.9 Å². The second kappa shape index (κ2) is 5.40. The molecular formula is C8H14ClN3S. The summed E-state index contributed by atoms with van der Waals surface area (Å²) < 4.78 is 4.18. The molecule has 0 aliphatic heterocycles. The number of hydrogen-bond donors (Lipinski definition) is 1. The van der Waals surface area contributed by atoms with Crippen molar-refractivity contribution in [2.45, 2.75) is 32.7 Å². The van der Waals surface area contributed by atoms with Crippen molar-refractivity contribution in [2.75, 3.05) is 11.2 Å². The van der Waals surface area contributed by atoms with Crippen molar-refractivity contribution in [2.24, 2.45) is 0 Å². The van der Waals surface area contributed by atoms with Gasteiger partial charge in [-0.2, -0.15) is 4.37 Å². The van der Waals surface area contributed by atoms with Crippen molar-refractivity contribution in [1.29, 1.82) is 0 Å². The molecule has 0 spiro atoms. The van der Waals surface area contributed by atoms with Crippen LogP contribution in [0.5, 0.6) is 0 Å². The van der Waals surface area contributed by atoms with Crippen LogP contribution in [0.1, 0.15) is 26.1 Å². The summed E-state index contributed by atoms with van der Waals surface area (Å²) in [6.07, 6.45) is 1.89. The third kappa shape index (κ3) is 3.12. The first-order valence-electron chi connectivity index (χ1n) is 4.45.